The van der Waals surface area contributed by atoms with Crippen molar-refractivity contribution in [3.05, 3.63) is 54.1 Å². The molecule has 3 aromatic rings. The summed E-state index contributed by atoms with van der Waals surface area (Å²) in [6, 6.07) is 15.9. The van der Waals surface area contributed by atoms with E-state index in [-0.39, 0.29) is 11.2 Å². The maximum Gasteiger partial charge on any atom is 0.240 e. The van der Waals surface area contributed by atoms with E-state index in [1.165, 1.54) is 10.5 Å². The maximum atomic E-state index is 12.4. The molecule has 1 unspecified atom stereocenters. The summed E-state index contributed by atoms with van der Waals surface area (Å²) in [6.07, 6.45) is 0.771. The SMILES string of the molecule is O=C(Nc1nc2ccccc2[nH]1)C1Cc2ccccc2S1. The Morgan fingerprint density at radius 1 is 1.19 bits per heavy atom. The Hall–Kier alpha value is -2.27. The van der Waals surface area contributed by atoms with Crippen molar-refractivity contribution in [2.45, 2.75) is 16.6 Å². The number of amides is 1. The van der Waals surface area contributed by atoms with E-state index in [2.05, 4.69) is 27.4 Å². The molecule has 4 nitrogen and oxygen atoms in total. The molecule has 1 amide bonds. The summed E-state index contributed by atoms with van der Waals surface area (Å²) < 4.78 is 0. The highest BCUT2D eigenvalue weighted by Gasteiger charge is 2.28. The number of para-hydroxylation sites is 2. The molecule has 21 heavy (non-hydrogen) atoms. The fourth-order valence-electron chi connectivity index (χ4n) is 2.54. The summed E-state index contributed by atoms with van der Waals surface area (Å²) >= 11 is 1.62. The molecular formula is C16H13N3OS. The van der Waals surface area contributed by atoms with Gasteiger partial charge in [0.1, 0.15) is 0 Å². The van der Waals surface area contributed by atoms with Crippen LogP contribution in [0.1, 0.15) is 5.56 Å². The highest BCUT2D eigenvalue weighted by atomic mass is 32.2. The van der Waals surface area contributed by atoms with E-state index in [1.807, 2.05) is 36.4 Å². The lowest BCUT2D eigenvalue weighted by atomic mass is 10.1. The van der Waals surface area contributed by atoms with E-state index in [1.54, 1.807) is 11.8 Å². The van der Waals surface area contributed by atoms with Crippen LogP contribution in [-0.2, 0) is 11.2 Å². The van der Waals surface area contributed by atoms with Crippen LogP contribution in [0.4, 0.5) is 5.95 Å². The Morgan fingerprint density at radius 2 is 2.00 bits per heavy atom. The monoisotopic (exact) mass is 295 g/mol. The van der Waals surface area contributed by atoms with Crippen LogP contribution in [0.3, 0.4) is 0 Å². The maximum absolute atomic E-state index is 12.4. The number of nitrogens with zero attached hydrogens (tertiary/aromatic N) is 1. The van der Waals surface area contributed by atoms with Crippen LogP contribution < -0.4 is 5.32 Å². The highest BCUT2D eigenvalue weighted by Crippen LogP contribution is 2.37. The fourth-order valence-corrected chi connectivity index (χ4v) is 3.73. The van der Waals surface area contributed by atoms with Crippen LogP contribution in [0, 0.1) is 0 Å². The zero-order valence-corrected chi connectivity index (χ0v) is 12.0. The molecule has 0 spiro atoms. The van der Waals surface area contributed by atoms with Gasteiger partial charge in [0, 0.05) is 4.90 Å². The van der Waals surface area contributed by atoms with Gasteiger partial charge in [-0.15, -0.1) is 11.8 Å². The van der Waals surface area contributed by atoms with E-state index in [4.69, 9.17) is 0 Å². The molecule has 2 aromatic carbocycles. The number of carbonyl (C=O) groups is 1. The molecule has 5 heteroatoms. The molecule has 1 aliphatic heterocycles. The van der Waals surface area contributed by atoms with Crippen LogP contribution in [0.5, 0.6) is 0 Å². The van der Waals surface area contributed by atoms with E-state index in [0.29, 0.717) is 5.95 Å². The van der Waals surface area contributed by atoms with Gasteiger partial charge in [-0.3, -0.25) is 10.1 Å². The largest absolute Gasteiger partial charge is 0.324 e. The van der Waals surface area contributed by atoms with E-state index < -0.39 is 0 Å². The number of aromatic nitrogens is 2. The van der Waals surface area contributed by atoms with Crippen molar-refractivity contribution in [2.75, 3.05) is 5.32 Å². The third kappa shape index (κ3) is 2.29. The van der Waals surface area contributed by atoms with Gasteiger partial charge in [0.15, 0.2) is 0 Å². The molecule has 1 atom stereocenters. The standard InChI is InChI=1S/C16H13N3OS/c20-15(14-9-10-5-1-4-8-13(10)21-14)19-16-17-11-6-2-3-7-12(11)18-16/h1-8,14H,9H2,(H2,17,18,19,20). The van der Waals surface area contributed by atoms with Crippen LogP contribution in [0.25, 0.3) is 11.0 Å². The molecule has 0 bridgehead atoms. The average molecular weight is 295 g/mol. The van der Waals surface area contributed by atoms with Gasteiger partial charge in [0.25, 0.3) is 0 Å². The third-order valence-electron chi connectivity index (χ3n) is 3.57. The van der Waals surface area contributed by atoms with Gasteiger partial charge < -0.3 is 4.98 Å². The number of imidazole rings is 1. The summed E-state index contributed by atoms with van der Waals surface area (Å²) in [5.41, 5.74) is 3.03. The molecule has 0 radical (unpaired) electrons. The fraction of sp³-hybridized carbons (Fsp3) is 0.125. The van der Waals surface area contributed by atoms with Crippen molar-refractivity contribution in [3.8, 4) is 0 Å². The van der Waals surface area contributed by atoms with E-state index >= 15 is 0 Å². The van der Waals surface area contributed by atoms with Crippen LogP contribution in [0.15, 0.2) is 53.4 Å². The minimum Gasteiger partial charge on any atom is -0.324 e. The molecule has 1 aliphatic rings. The Morgan fingerprint density at radius 3 is 2.86 bits per heavy atom. The van der Waals surface area contributed by atoms with Gasteiger partial charge in [-0.05, 0) is 30.2 Å². The second kappa shape index (κ2) is 4.93. The van der Waals surface area contributed by atoms with Crippen LogP contribution in [0.2, 0.25) is 0 Å². The lowest BCUT2D eigenvalue weighted by Crippen LogP contribution is -2.25. The van der Waals surface area contributed by atoms with Crippen LogP contribution in [-0.4, -0.2) is 21.1 Å². The summed E-state index contributed by atoms with van der Waals surface area (Å²) in [7, 11) is 0. The first-order chi connectivity index (χ1) is 10.3. The molecule has 0 saturated carbocycles. The van der Waals surface area contributed by atoms with E-state index in [9.17, 15) is 4.79 Å². The first-order valence-corrected chi connectivity index (χ1v) is 7.68. The second-order valence-corrected chi connectivity index (χ2v) is 6.25. The first kappa shape index (κ1) is 12.5. The van der Waals surface area contributed by atoms with Crippen molar-refractivity contribution < 1.29 is 4.79 Å². The molecule has 1 aromatic heterocycles. The van der Waals surface area contributed by atoms with Crippen LogP contribution >= 0.6 is 11.8 Å². The van der Waals surface area contributed by atoms with Crippen molar-refractivity contribution in [3.63, 3.8) is 0 Å². The number of thioether (sulfide) groups is 1. The minimum atomic E-state index is -0.0874. The highest BCUT2D eigenvalue weighted by molar-refractivity contribution is 8.01. The molecule has 2 heterocycles. The summed E-state index contributed by atoms with van der Waals surface area (Å²) in [5, 5.41) is 2.79. The smallest absolute Gasteiger partial charge is 0.240 e. The number of carbonyl (C=O) groups excluding carboxylic acids is 1. The van der Waals surface area contributed by atoms with Crippen molar-refractivity contribution >= 4 is 34.7 Å². The number of nitrogens with one attached hydrogen (secondary N) is 2. The van der Waals surface area contributed by atoms with Gasteiger partial charge in [0.2, 0.25) is 11.9 Å². The Bertz CT molecular complexity index is 769. The van der Waals surface area contributed by atoms with Gasteiger partial charge in [-0.1, -0.05) is 30.3 Å². The van der Waals surface area contributed by atoms with Gasteiger partial charge in [-0.25, -0.2) is 4.98 Å². The predicted octanol–water partition coefficient (Wildman–Crippen LogP) is 3.22. The lowest BCUT2D eigenvalue weighted by Gasteiger charge is -2.07. The first-order valence-electron chi connectivity index (χ1n) is 6.80. The summed E-state index contributed by atoms with van der Waals surface area (Å²) in [4.78, 5) is 21.1. The normalized spacial score (nSPS) is 16.9. The number of hydrogen-bond donors (Lipinski definition) is 2. The van der Waals surface area contributed by atoms with Crippen molar-refractivity contribution in [2.24, 2.45) is 0 Å². The predicted molar refractivity (Wildman–Crippen MR) is 84.5 cm³/mol. The molecule has 0 fully saturated rings. The minimum absolute atomic E-state index is 0.00439. The lowest BCUT2D eigenvalue weighted by molar-refractivity contribution is -0.115. The Balaban J connectivity index is 1.52. The van der Waals surface area contributed by atoms with Crippen molar-refractivity contribution in [1.29, 1.82) is 0 Å². The Kier molecular flexibility index (Phi) is 2.93. The third-order valence-corrected chi connectivity index (χ3v) is 4.89. The van der Waals surface area contributed by atoms with Crippen molar-refractivity contribution in [1.82, 2.24) is 9.97 Å². The van der Waals surface area contributed by atoms with Gasteiger partial charge in [-0.2, -0.15) is 0 Å². The zero-order chi connectivity index (χ0) is 14.2. The number of aromatic amines is 1. The van der Waals surface area contributed by atoms with E-state index in [0.717, 1.165) is 17.5 Å². The average Bonchev–Trinajstić information content (AvgIpc) is 3.10. The molecule has 0 saturated heterocycles. The quantitative estimate of drug-likeness (QED) is 0.763. The molecular weight excluding hydrogens is 282 g/mol. The number of rotatable bonds is 2. The van der Waals surface area contributed by atoms with Gasteiger partial charge in [0.05, 0.1) is 16.3 Å². The number of benzene rings is 2. The molecule has 4 rings (SSSR count). The summed E-state index contributed by atoms with van der Waals surface area (Å²) in [6.45, 7) is 0. The van der Waals surface area contributed by atoms with Gasteiger partial charge >= 0.3 is 0 Å². The summed E-state index contributed by atoms with van der Waals surface area (Å²) in [5.74, 6) is 0.507. The molecule has 0 aliphatic carbocycles. The Labute approximate surface area is 126 Å². The number of anilines is 1. The second-order valence-electron chi connectivity index (χ2n) is 5.01. The topological polar surface area (TPSA) is 57.8 Å². The zero-order valence-electron chi connectivity index (χ0n) is 11.2. The number of H-pyrrole nitrogens is 1. The molecule has 104 valence electrons. The number of fused-ring (bicyclic) bond motifs is 2. The molecule has 2 N–H and O–H groups in total. The number of hydrogen-bond acceptors (Lipinski definition) is 3.